The molecule has 8 atom stereocenters. The second-order valence-corrected chi connectivity index (χ2v) is 5.35. The first-order chi connectivity index (χ1) is 10.7. The predicted molar refractivity (Wildman–Crippen MR) is 69.9 cm³/mol. The Morgan fingerprint density at radius 3 is 2.04 bits per heavy atom. The van der Waals surface area contributed by atoms with Gasteiger partial charge < -0.3 is 50.7 Å². The van der Waals surface area contributed by atoms with E-state index in [1.165, 1.54) is 0 Å². The van der Waals surface area contributed by atoms with Crippen molar-refractivity contribution in [1.29, 1.82) is 0 Å². The Labute approximate surface area is 130 Å². The quantitative estimate of drug-likeness (QED) is 0.212. The zero-order valence-corrected chi connectivity index (χ0v) is 12.0. The Morgan fingerprint density at radius 2 is 1.61 bits per heavy atom. The highest BCUT2D eigenvalue weighted by Gasteiger charge is 2.59. The SMILES string of the molecule is O=C(CO)C(O)(C(O)C(O)CO)[C@H]1O[C@H](CO)[C@@H](O)[C@H](O)[C@H]1O. The predicted octanol–water partition coefficient (Wildman–Crippen LogP) is -6.16. The second kappa shape index (κ2) is 7.90. The fourth-order valence-corrected chi connectivity index (χ4v) is 2.48. The van der Waals surface area contributed by atoms with E-state index in [4.69, 9.17) is 20.1 Å². The summed E-state index contributed by atoms with van der Waals surface area (Å²) in [6, 6.07) is 0. The molecule has 0 saturated carbocycles. The van der Waals surface area contributed by atoms with Gasteiger partial charge in [-0.1, -0.05) is 0 Å². The smallest absolute Gasteiger partial charge is 0.195 e. The van der Waals surface area contributed by atoms with Gasteiger partial charge in [0, 0.05) is 0 Å². The number of rotatable bonds is 7. The molecule has 11 heteroatoms. The summed E-state index contributed by atoms with van der Waals surface area (Å²) in [5.41, 5.74) is -3.12. The summed E-state index contributed by atoms with van der Waals surface area (Å²) in [4.78, 5) is 11.9. The van der Waals surface area contributed by atoms with Crippen LogP contribution in [-0.4, -0.2) is 120 Å². The molecule has 0 radical (unpaired) electrons. The van der Waals surface area contributed by atoms with Crippen LogP contribution in [0.2, 0.25) is 0 Å². The van der Waals surface area contributed by atoms with Crippen LogP contribution in [0.3, 0.4) is 0 Å². The highest BCUT2D eigenvalue weighted by Crippen LogP contribution is 2.32. The summed E-state index contributed by atoms with van der Waals surface area (Å²) in [6.45, 7) is -3.25. The number of hydrogen-bond donors (Lipinski definition) is 9. The highest BCUT2D eigenvalue weighted by atomic mass is 16.6. The number of hydrogen-bond acceptors (Lipinski definition) is 11. The molecule has 0 bridgehead atoms. The maximum Gasteiger partial charge on any atom is 0.195 e. The van der Waals surface area contributed by atoms with E-state index in [1.54, 1.807) is 0 Å². The lowest BCUT2D eigenvalue weighted by Gasteiger charge is -2.47. The molecule has 0 aromatic carbocycles. The Bertz CT molecular complexity index is 402. The van der Waals surface area contributed by atoms with Crippen molar-refractivity contribution in [2.45, 2.75) is 48.3 Å². The second-order valence-electron chi connectivity index (χ2n) is 5.35. The lowest BCUT2D eigenvalue weighted by atomic mass is 9.77. The van der Waals surface area contributed by atoms with Gasteiger partial charge in [-0.15, -0.1) is 0 Å². The van der Waals surface area contributed by atoms with E-state index >= 15 is 0 Å². The summed E-state index contributed by atoms with van der Waals surface area (Å²) in [5.74, 6) is -1.47. The van der Waals surface area contributed by atoms with Gasteiger partial charge in [0.15, 0.2) is 11.4 Å². The largest absolute Gasteiger partial charge is 0.394 e. The van der Waals surface area contributed by atoms with Crippen LogP contribution in [0, 0.1) is 0 Å². The Balaban J connectivity index is 3.27. The van der Waals surface area contributed by atoms with Crippen LogP contribution in [0.4, 0.5) is 0 Å². The Hall–Kier alpha value is -0.730. The third-order valence-corrected chi connectivity index (χ3v) is 3.92. The van der Waals surface area contributed by atoms with Gasteiger partial charge >= 0.3 is 0 Å². The van der Waals surface area contributed by atoms with E-state index in [2.05, 4.69) is 0 Å². The first-order valence-electron chi connectivity index (χ1n) is 6.80. The number of Topliss-reactive ketones (excluding diaryl/α,β-unsaturated/α-hetero) is 1. The summed E-state index contributed by atoms with van der Waals surface area (Å²) in [7, 11) is 0. The van der Waals surface area contributed by atoms with E-state index in [9.17, 15) is 35.4 Å². The molecule has 9 N–H and O–H groups in total. The monoisotopic (exact) mass is 342 g/mol. The minimum Gasteiger partial charge on any atom is -0.394 e. The molecule has 0 aromatic heterocycles. The van der Waals surface area contributed by atoms with Gasteiger partial charge in [0.2, 0.25) is 0 Å². The zero-order valence-electron chi connectivity index (χ0n) is 12.0. The van der Waals surface area contributed by atoms with Crippen molar-refractivity contribution >= 4 is 5.78 Å². The normalized spacial score (nSPS) is 37.0. The van der Waals surface area contributed by atoms with Crippen molar-refractivity contribution in [2.24, 2.45) is 0 Å². The van der Waals surface area contributed by atoms with E-state index in [-0.39, 0.29) is 0 Å². The number of ether oxygens (including phenoxy) is 1. The number of ketones is 1. The van der Waals surface area contributed by atoms with Crippen LogP contribution in [0.25, 0.3) is 0 Å². The molecule has 136 valence electrons. The molecule has 1 saturated heterocycles. The van der Waals surface area contributed by atoms with Crippen molar-refractivity contribution in [3.8, 4) is 0 Å². The number of carbonyl (C=O) groups is 1. The molecule has 0 aliphatic carbocycles. The van der Waals surface area contributed by atoms with Gasteiger partial charge in [-0.2, -0.15) is 0 Å². The van der Waals surface area contributed by atoms with Crippen molar-refractivity contribution < 1.29 is 55.5 Å². The maximum atomic E-state index is 11.9. The van der Waals surface area contributed by atoms with Crippen molar-refractivity contribution in [3.63, 3.8) is 0 Å². The van der Waals surface area contributed by atoms with Gasteiger partial charge in [0.25, 0.3) is 0 Å². The van der Waals surface area contributed by atoms with Gasteiger partial charge in [-0.25, -0.2) is 0 Å². The standard InChI is InChI=1S/C12H22O11/c13-1-4(16)10(21)12(22,6(17)3-15)11-9(20)8(19)7(18)5(2-14)23-11/h4-5,7-11,13-16,18-22H,1-3H2/t4?,5-,7-,8+,9-,10?,11+,12?/m1/s1. The number of aliphatic hydroxyl groups excluding tert-OH is 8. The molecule has 1 heterocycles. The van der Waals surface area contributed by atoms with Crippen LogP contribution < -0.4 is 0 Å². The highest BCUT2D eigenvalue weighted by molar-refractivity contribution is 5.89. The lowest BCUT2D eigenvalue weighted by Crippen LogP contribution is -2.72. The fraction of sp³-hybridized carbons (Fsp3) is 0.917. The van der Waals surface area contributed by atoms with E-state index < -0.39 is 73.9 Å². The molecule has 23 heavy (non-hydrogen) atoms. The van der Waals surface area contributed by atoms with Crippen LogP contribution in [0.5, 0.6) is 0 Å². The van der Waals surface area contributed by atoms with Crippen molar-refractivity contribution in [3.05, 3.63) is 0 Å². The topological polar surface area (TPSA) is 208 Å². The number of aliphatic hydroxyl groups is 9. The molecule has 0 amide bonds. The zero-order chi connectivity index (χ0) is 17.9. The maximum absolute atomic E-state index is 11.9. The third kappa shape index (κ3) is 3.53. The first kappa shape index (κ1) is 20.3. The molecule has 1 fully saturated rings. The third-order valence-electron chi connectivity index (χ3n) is 3.92. The first-order valence-corrected chi connectivity index (χ1v) is 6.80. The summed E-state index contributed by atoms with van der Waals surface area (Å²) in [5, 5.41) is 86.1. The average molecular weight is 342 g/mol. The summed E-state index contributed by atoms with van der Waals surface area (Å²) < 4.78 is 4.99. The molecule has 0 spiro atoms. The van der Waals surface area contributed by atoms with Gasteiger partial charge in [0.05, 0.1) is 13.2 Å². The molecule has 11 nitrogen and oxygen atoms in total. The van der Waals surface area contributed by atoms with Crippen LogP contribution in [0.1, 0.15) is 0 Å². The minimum absolute atomic E-state index is 0.858. The lowest BCUT2D eigenvalue weighted by molar-refractivity contribution is -0.284. The molecule has 1 rings (SSSR count). The fourth-order valence-electron chi connectivity index (χ4n) is 2.48. The van der Waals surface area contributed by atoms with Crippen molar-refractivity contribution in [1.82, 2.24) is 0 Å². The molecule has 1 aliphatic heterocycles. The van der Waals surface area contributed by atoms with Crippen LogP contribution >= 0.6 is 0 Å². The minimum atomic E-state index is -3.12. The molecule has 3 unspecified atom stereocenters. The Kier molecular flexibility index (Phi) is 6.97. The molecular formula is C12H22O11. The summed E-state index contributed by atoms with van der Waals surface area (Å²) in [6.07, 6.45) is -13.9. The van der Waals surface area contributed by atoms with E-state index in [0.29, 0.717) is 0 Å². The van der Waals surface area contributed by atoms with Gasteiger partial charge in [0.1, 0.15) is 49.3 Å². The van der Waals surface area contributed by atoms with Gasteiger partial charge in [-0.3, -0.25) is 4.79 Å². The summed E-state index contributed by atoms with van der Waals surface area (Å²) >= 11 is 0. The van der Waals surface area contributed by atoms with Gasteiger partial charge in [-0.05, 0) is 0 Å². The molecule has 0 aromatic rings. The van der Waals surface area contributed by atoms with E-state index in [0.717, 1.165) is 0 Å². The molecule has 1 aliphatic rings. The number of carbonyl (C=O) groups excluding carboxylic acids is 1. The van der Waals surface area contributed by atoms with E-state index in [1.807, 2.05) is 0 Å². The van der Waals surface area contributed by atoms with Crippen LogP contribution in [0.15, 0.2) is 0 Å². The van der Waals surface area contributed by atoms with Crippen LogP contribution in [-0.2, 0) is 9.53 Å². The van der Waals surface area contributed by atoms with Crippen molar-refractivity contribution in [2.75, 3.05) is 19.8 Å². The molecular weight excluding hydrogens is 320 g/mol. The average Bonchev–Trinajstić information content (AvgIpc) is 2.56. The Morgan fingerprint density at radius 1 is 1.04 bits per heavy atom.